The lowest BCUT2D eigenvalue weighted by molar-refractivity contribution is -0.158. The van der Waals surface area contributed by atoms with Crippen LogP contribution in [0.3, 0.4) is 0 Å². The Morgan fingerprint density at radius 2 is 2.15 bits per heavy atom. The summed E-state index contributed by atoms with van der Waals surface area (Å²) in [6, 6.07) is 1.79. The Kier molecular flexibility index (Phi) is 3.11. The predicted molar refractivity (Wildman–Crippen MR) is 88.6 cm³/mol. The Morgan fingerprint density at radius 3 is 2.88 bits per heavy atom. The van der Waals surface area contributed by atoms with Crippen LogP contribution in [-0.4, -0.2) is 29.8 Å². The molecule has 1 saturated carbocycles. The fraction of sp³-hybridized carbons (Fsp3) is 0.500. The van der Waals surface area contributed by atoms with Gasteiger partial charge in [-0.25, -0.2) is 4.79 Å². The quantitative estimate of drug-likeness (QED) is 0.647. The van der Waals surface area contributed by atoms with Gasteiger partial charge in [0.25, 0.3) is 0 Å². The van der Waals surface area contributed by atoms with E-state index in [0.717, 1.165) is 11.1 Å². The van der Waals surface area contributed by atoms with Gasteiger partial charge >= 0.3 is 11.9 Å². The monoisotopic (exact) mass is 356 g/mol. The van der Waals surface area contributed by atoms with Crippen molar-refractivity contribution in [3.63, 3.8) is 0 Å². The second-order valence-corrected chi connectivity index (χ2v) is 7.77. The minimum Gasteiger partial charge on any atom is -0.472 e. The van der Waals surface area contributed by atoms with Crippen molar-refractivity contribution < 1.29 is 28.6 Å². The second kappa shape index (κ2) is 5.10. The number of esters is 2. The van der Waals surface area contributed by atoms with Crippen molar-refractivity contribution in [3.05, 3.63) is 48.0 Å². The van der Waals surface area contributed by atoms with Crippen LogP contribution in [-0.2, 0) is 19.1 Å². The van der Waals surface area contributed by atoms with Gasteiger partial charge in [-0.05, 0) is 24.8 Å². The average molecular weight is 356 g/mol. The molecule has 1 aromatic rings. The molecule has 1 aromatic heterocycles. The van der Waals surface area contributed by atoms with Crippen molar-refractivity contribution >= 4 is 11.9 Å². The maximum absolute atomic E-state index is 13.2. The van der Waals surface area contributed by atoms with Gasteiger partial charge in [-0.3, -0.25) is 4.79 Å². The standard InChI is InChI=1S/C20H20O6/c1-11-7-16-20(10-21)13(17(22)26-16)3-2-4-15(20)19(11)8-14(25-18(19)23)12-5-6-24-9-12/h3,5-6,9,14-16,21H,1-2,4,7-8,10H2/t14-,15+,16-,19-,20+/m0/s1. The first-order valence-corrected chi connectivity index (χ1v) is 8.98. The van der Waals surface area contributed by atoms with Gasteiger partial charge in [0, 0.05) is 24.0 Å². The number of hydrogen-bond donors (Lipinski definition) is 1. The van der Waals surface area contributed by atoms with Crippen LogP contribution >= 0.6 is 0 Å². The number of carbonyl (C=O) groups excluding carboxylic acids is 2. The number of aliphatic hydroxyl groups is 1. The smallest absolute Gasteiger partial charge is 0.334 e. The van der Waals surface area contributed by atoms with Crippen LogP contribution in [0.4, 0.5) is 0 Å². The van der Waals surface area contributed by atoms with Crippen LogP contribution in [0.15, 0.2) is 46.8 Å². The molecule has 3 heterocycles. The highest BCUT2D eigenvalue weighted by Gasteiger charge is 2.71. The molecule has 0 unspecified atom stereocenters. The summed E-state index contributed by atoms with van der Waals surface area (Å²) in [5.41, 5.74) is 0.319. The van der Waals surface area contributed by atoms with E-state index in [4.69, 9.17) is 13.9 Å². The highest BCUT2D eigenvalue weighted by molar-refractivity contribution is 5.95. The second-order valence-electron chi connectivity index (χ2n) is 7.77. The number of furan rings is 1. The van der Waals surface area contributed by atoms with Gasteiger partial charge in [0.15, 0.2) is 0 Å². The molecule has 6 nitrogen and oxygen atoms in total. The molecule has 0 amide bonds. The summed E-state index contributed by atoms with van der Waals surface area (Å²) >= 11 is 0. The Bertz CT molecular complexity index is 836. The minimum atomic E-state index is -0.908. The number of fused-ring (bicyclic) bond motifs is 1. The number of aliphatic hydroxyl groups excluding tert-OH is 1. The SMILES string of the molecule is C=C1C[C@@H]2OC(=O)C3=CCC[C@H]([C@]14C[C@@H](c1ccoc1)OC4=O)[C@@]32CO. The fourth-order valence-electron chi connectivity index (χ4n) is 5.73. The van der Waals surface area contributed by atoms with Gasteiger partial charge in [-0.1, -0.05) is 18.2 Å². The van der Waals surface area contributed by atoms with Gasteiger partial charge in [-0.15, -0.1) is 0 Å². The molecule has 2 saturated heterocycles. The maximum Gasteiger partial charge on any atom is 0.334 e. The summed E-state index contributed by atoms with van der Waals surface area (Å²) in [5.74, 6) is -0.955. The summed E-state index contributed by atoms with van der Waals surface area (Å²) in [6.07, 6.45) is 6.31. The van der Waals surface area contributed by atoms with Crippen molar-refractivity contribution in [1.82, 2.24) is 0 Å². The maximum atomic E-state index is 13.2. The van der Waals surface area contributed by atoms with Gasteiger partial charge in [0.05, 0.1) is 30.0 Å². The fourth-order valence-corrected chi connectivity index (χ4v) is 5.73. The van der Waals surface area contributed by atoms with E-state index in [-0.39, 0.29) is 24.5 Å². The van der Waals surface area contributed by atoms with E-state index in [0.29, 0.717) is 31.3 Å². The van der Waals surface area contributed by atoms with Gasteiger partial charge in [-0.2, -0.15) is 0 Å². The molecule has 5 atom stereocenters. The highest BCUT2D eigenvalue weighted by Crippen LogP contribution is 2.67. The number of hydrogen-bond acceptors (Lipinski definition) is 6. The van der Waals surface area contributed by atoms with Crippen molar-refractivity contribution in [1.29, 1.82) is 0 Å². The number of cyclic esters (lactones) is 1. The molecule has 0 aromatic carbocycles. The summed E-state index contributed by atoms with van der Waals surface area (Å²) in [4.78, 5) is 25.6. The van der Waals surface area contributed by atoms with E-state index >= 15 is 0 Å². The molecule has 2 aliphatic carbocycles. The largest absolute Gasteiger partial charge is 0.472 e. The molecule has 136 valence electrons. The van der Waals surface area contributed by atoms with Crippen LogP contribution in [0.2, 0.25) is 0 Å². The van der Waals surface area contributed by atoms with Crippen molar-refractivity contribution in [2.24, 2.45) is 16.7 Å². The molecule has 1 N–H and O–H groups in total. The summed E-state index contributed by atoms with van der Waals surface area (Å²) in [6.45, 7) is 3.97. The van der Waals surface area contributed by atoms with Gasteiger partial charge in [0.2, 0.25) is 0 Å². The minimum absolute atomic E-state index is 0.224. The van der Waals surface area contributed by atoms with Gasteiger partial charge < -0.3 is 19.0 Å². The Labute approximate surface area is 150 Å². The Morgan fingerprint density at radius 1 is 1.31 bits per heavy atom. The zero-order valence-electron chi connectivity index (χ0n) is 14.3. The lowest BCUT2D eigenvalue weighted by Crippen LogP contribution is -2.58. The first-order valence-electron chi connectivity index (χ1n) is 8.98. The van der Waals surface area contributed by atoms with Gasteiger partial charge in [0.1, 0.15) is 12.2 Å². The van der Waals surface area contributed by atoms with Crippen LogP contribution in [0.5, 0.6) is 0 Å². The molecule has 2 aliphatic heterocycles. The van der Waals surface area contributed by atoms with E-state index in [1.54, 1.807) is 18.6 Å². The zero-order valence-corrected chi connectivity index (χ0v) is 14.3. The Balaban J connectivity index is 1.64. The van der Waals surface area contributed by atoms with E-state index in [9.17, 15) is 14.7 Å². The van der Waals surface area contributed by atoms with Crippen molar-refractivity contribution in [2.75, 3.05) is 6.61 Å². The Hall–Kier alpha value is -2.34. The lowest BCUT2D eigenvalue weighted by atomic mass is 9.47. The van der Waals surface area contributed by atoms with Crippen molar-refractivity contribution in [3.8, 4) is 0 Å². The normalized spacial score (nSPS) is 41.0. The van der Waals surface area contributed by atoms with Crippen LogP contribution in [0.1, 0.15) is 37.4 Å². The van der Waals surface area contributed by atoms with E-state index in [2.05, 4.69) is 6.58 Å². The third-order valence-corrected chi connectivity index (χ3v) is 6.93. The number of ether oxygens (including phenoxy) is 2. The molecule has 4 aliphatic rings. The summed E-state index contributed by atoms with van der Waals surface area (Å²) in [5, 5.41) is 10.4. The summed E-state index contributed by atoms with van der Waals surface area (Å²) < 4.78 is 16.5. The zero-order chi connectivity index (χ0) is 18.1. The molecule has 0 radical (unpaired) electrons. The summed E-state index contributed by atoms with van der Waals surface area (Å²) in [7, 11) is 0. The van der Waals surface area contributed by atoms with E-state index in [1.807, 2.05) is 6.08 Å². The first-order chi connectivity index (χ1) is 12.5. The number of carbonyl (C=O) groups is 2. The molecule has 0 bridgehead atoms. The molecular weight excluding hydrogens is 336 g/mol. The average Bonchev–Trinajstić information content (AvgIpc) is 3.33. The van der Waals surface area contributed by atoms with Crippen LogP contribution < -0.4 is 0 Å². The number of allylic oxidation sites excluding steroid dienone is 1. The van der Waals surface area contributed by atoms with Crippen LogP contribution in [0.25, 0.3) is 0 Å². The molecule has 5 rings (SSSR count). The number of rotatable bonds is 2. The topological polar surface area (TPSA) is 86.0 Å². The van der Waals surface area contributed by atoms with E-state index in [1.165, 1.54) is 0 Å². The highest BCUT2D eigenvalue weighted by atomic mass is 16.6. The third-order valence-electron chi connectivity index (χ3n) is 6.93. The first kappa shape index (κ1) is 15.9. The lowest BCUT2D eigenvalue weighted by Gasteiger charge is -2.53. The third kappa shape index (κ3) is 1.66. The molecule has 6 heteroatoms. The van der Waals surface area contributed by atoms with Crippen molar-refractivity contribution in [2.45, 2.75) is 37.9 Å². The van der Waals surface area contributed by atoms with Crippen LogP contribution in [0, 0.1) is 16.7 Å². The predicted octanol–water partition coefficient (Wildman–Crippen LogP) is 2.45. The van der Waals surface area contributed by atoms with E-state index < -0.39 is 23.0 Å². The molecule has 3 fully saturated rings. The molecule has 1 spiro atoms. The molecular formula is C20H20O6. The molecule has 26 heavy (non-hydrogen) atoms.